The van der Waals surface area contributed by atoms with Gasteiger partial charge in [0.2, 0.25) is 5.89 Å². The molecule has 0 fully saturated rings. The number of ether oxygens (including phenoxy) is 1. The molecule has 0 amide bonds. The van der Waals surface area contributed by atoms with Crippen molar-refractivity contribution in [1.82, 2.24) is 10.3 Å². The average Bonchev–Trinajstić information content (AvgIpc) is 2.46. The van der Waals surface area contributed by atoms with Crippen LogP contribution in [0.25, 0.3) is 0 Å². The highest BCUT2D eigenvalue weighted by Gasteiger charge is 2.03. The molecule has 0 saturated heterocycles. The molecule has 0 spiro atoms. The Labute approximate surface area is 84.7 Å². The van der Waals surface area contributed by atoms with Crippen LogP contribution in [0.5, 0.6) is 0 Å². The zero-order valence-electron chi connectivity index (χ0n) is 9.09. The second-order valence-electron chi connectivity index (χ2n) is 3.12. The predicted molar refractivity (Wildman–Crippen MR) is 54.2 cm³/mol. The van der Waals surface area contributed by atoms with Gasteiger partial charge in [0.25, 0.3) is 0 Å². The van der Waals surface area contributed by atoms with Crippen molar-refractivity contribution in [3.05, 3.63) is 17.3 Å². The molecule has 1 aromatic heterocycles. The standard InChI is InChI=1S/C10H18N2O2/c1-4-13-6-5-11-7-10-12-8(2)9(3)14-10/h11H,4-7H2,1-3H3. The van der Waals surface area contributed by atoms with E-state index in [9.17, 15) is 0 Å². The van der Waals surface area contributed by atoms with E-state index in [2.05, 4.69) is 10.3 Å². The molecule has 0 aliphatic heterocycles. The summed E-state index contributed by atoms with van der Waals surface area (Å²) in [7, 11) is 0. The quantitative estimate of drug-likeness (QED) is 0.702. The Morgan fingerprint density at radius 1 is 1.43 bits per heavy atom. The number of nitrogens with zero attached hydrogens (tertiary/aromatic N) is 1. The maximum atomic E-state index is 5.41. The smallest absolute Gasteiger partial charge is 0.208 e. The Balaban J connectivity index is 2.18. The van der Waals surface area contributed by atoms with Gasteiger partial charge in [-0.2, -0.15) is 0 Å². The third-order valence-electron chi connectivity index (χ3n) is 1.98. The summed E-state index contributed by atoms with van der Waals surface area (Å²) in [6.07, 6.45) is 0. The molecule has 0 saturated carbocycles. The lowest BCUT2D eigenvalue weighted by atomic mass is 10.4. The minimum Gasteiger partial charge on any atom is -0.444 e. The van der Waals surface area contributed by atoms with E-state index in [-0.39, 0.29) is 0 Å². The topological polar surface area (TPSA) is 47.3 Å². The molecule has 0 aliphatic rings. The van der Waals surface area contributed by atoms with Gasteiger partial charge in [-0.25, -0.2) is 4.98 Å². The zero-order chi connectivity index (χ0) is 10.4. The Morgan fingerprint density at radius 3 is 2.79 bits per heavy atom. The molecule has 4 heteroatoms. The lowest BCUT2D eigenvalue weighted by Crippen LogP contribution is -2.19. The van der Waals surface area contributed by atoms with E-state index in [4.69, 9.17) is 9.15 Å². The monoisotopic (exact) mass is 198 g/mol. The van der Waals surface area contributed by atoms with Crippen LogP contribution in [0, 0.1) is 13.8 Å². The van der Waals surface area contributed by atoms with Crippen LogP contribution in [-0.2, 0) is 11.3 Å². The van der Waals surface area contributed by atoms with Gasteiger partial charge in [-0.05, 0) is 20.8 Å². The maximum Gasteiger partial charge on any atom is 0.208 e. The van der Waals surface area contributed by atoms with Crippen LogP contribution in [0.2, 0.25) is 0 Å². The van der Waals surface area contributed by atoms with Crippen LogP contribution < -0.4 is 5.32 Å². The van der Waals surface area contributed by atoms with Gasteiger partial charge in [-0.3, -0.25) is 0 Å². The van der Waals surface area contributed by atoms with E-state index in [1.165, 1.54) is 0 Å². The molecule has 80 valence electrons. The summed E-state index contributed by atoms with van der Waals surface area (Å²) in [4.78, 5) is 4.26. The Kier molecular flexibility index (Phi) is 4.62. The molecule has 1 rings (SSSR count). The van der Waals surface area contributed by atoms with Gasteiger partial charge >= 0.3 is 0 Å². The summed E-state index contributed by atoms with van der Waals surface area (Å²) in [6.45, 7) is 8.85. The number of oxazole rings is 1. The number of rotatable bonds is 6. The number of aromatic nitrogens is 1. The molecule has 0 aliphatic carbocycles. The molecule has 0 bridgehead atoms. The molecular formula is C10H18N2O2. The van der Waals surface area contributed by atoms with Crippen LogP contribution in [0.1, 0.15) is 24.3 Å². The van der Waals surface area contributed by atoms with Gasteiger partial charge in [-0.15, -0.1) is 0 Å². The lowest BCUT2D eigenvalue weighted by Gasteiger charge is -2.01. The summed E-state index contributed by atoms with van der Waals surface area (Å²) in [5.74, 6) is 1.64. The third-order valence-corrected chi connectivity index (χ3v) is 1.98. The first-order valence-corrected chi connectivity index (χ1v) is 4.95. The van der Waals surface area contributed by atoms with Crippen LogP contribution >= 0.6 is 0 Å². The van der Waals surface area contributed by atoms with E-state index in [0.717, 1.165) is 37.1 Å². The van der Waals surface area contributed by atoms with Gasteiger partial charge in [0.15, 0.2) is 0 Å². The third kappa shape index (κ3) is 3.47. The van der Waals surface area contributed by atoms with Crippen LogP contribution in [0.3, 0.4) is 0 Å². The predicted octanol–water partition coefficient (Wildman–Crippen LogP) is 1.42. The maximum absolute atomic E-state index is 5.41. The van der Waals surface area contributed by atoms with Gasteiger partial charge in [-0.1, -0.05) is 0 Å². The number of hydrogen-bond donors (Lipinski definition) is 1. The van der Waals surface area contributed by atoms with Crippen LogP contribution in [0.15, 0.2) is 4.42 Å². The number of hydrogen-bond acceptors (Lipinski definition) is 4. The van der Waals surface area contributed by atoms with Crippen molar-refractivity contribution < 1.29 is 9.15 Å². The second kappa shape index (κ2) is 5.78. The fourth-order valence-electron chi connectivity index (χ4n) is 1.10. The summed E-state index contributed by atoms with van der Waals surface area (Å²) >= 11 is 0. The van der Waals surface area contributed by atoms with Crippen molar-refractivity contribution in [1.29, 1.82) is 0 Å². The van der Waals surface area contributed by atoms with Crippen molar-refractivity contribution >= 4 is 0 Å². The van der Waals surface area contributed by atoms with E-state index < -0.39 is 0 Å². The van der Waals surface area contributed by atoms with E-state index in [1.807, 2.05) is 20.8 Å². The summed E-state index contributed by atoms with van der Waals surface area (Å²) in [5.41, 5.74) is 0.964. The summed E-state index contributed by atoms with van der Waals surface area (Å²) < 4.78 is 10.6. The van der Waals surface area contributed by atoms with Crippen LogP contribution in [-0.4, -0.2) is 24.7 Å². The molecule has 1 heterocycles. The van der Waals surface area contributed by atoms with Gasteiger partial charge in [0.1, 0.15) is 5.76 Å². The molecule has 0 radical (unpaired) electrons. The Bertz CT molecular complexity index is 252. The van der Waals surface area contributed by atoms with E-state index >= 15 is 0 Å². The van der Waals surface area contributed by atoms with E-state index in [1.54, 1.807) is 0 Å². The van der Waals surface area contributed by atoms with Crippen LogP contribution in [0.4, 0.5) is 0 Å². The highest BCUT2D eigenvalue weighted by Crippen LogP contribution is 2.07. The van der Waals surface area contributed by atoms with E-state index in [0.29, 0.717) is 6.54 Å². The fraction of sp³-hybridized carbons (Fsp3) is 0.700. The normalized spacial score (nSPS) is 10.8. The van der Waals surface area contributed by atoms with Crippen molar-refractivity contribution in [2.75, 3.05) is 19.8 Å². The van der Waals surface area contributed by atoms with Crippen molar-refractivity contribution in [3.8, 4) is 0 Å². The number of nitrogens with one attached hydrogen (secondary N) is 1. The van der Waals surface area contributed by atoms with Gasteiger partial charge in [0, 0.05) is 13.2 Å². The SMILES string of the molecule is CCOCCNCc1nc(C)c(C)o1. The zero-order valence-corrected chi connectivity index (χ0v) is 9.09. The average molecular weight is 198 g/mol. The first-order valence-electron chi connectivity index (χ1n) is 4.95. The molecule has 0 unspecified atom stereocenters. The minimum absolute atomic E-state index is 0.668. The van der Waals surface area contributed by atoms with Crippen molar-refractivity contribution in [3.63, 3.8) is 0 Å². The highest BCUT2D eigenvalue weighted by molar-refractivity contribution is 5.04. The van der Waals surface area contributed by atoms with Gasteiger partial charge < -0.3 is 14.5 Å². The molecule has 4 nitrogen and oxygen atoms in total. The molecular weight excluding hydrogens is 180 g/mol. The lowest BCUT2D eigenvalue weighted by molar-refractivity contribution is 0.148. The fourth-order valence-corrected chi connectivity index (χ4v) is 1.10. The second-order valence-corrected chi connectivity index (χ2v) is 3.12. The summed E-state index contributed by atoms with van der Waals surface area (Å²) in [5, 5.41) is 3.20. The Morgan fingerprint density at radius 2 is 2.21 bits per heavy atom. The van der Waals surface area contributed by atoms with Crippen molar-refractivity contribution in [2.45, 2.75) is 27.3 Å². The molecule has 1 aromatic rings. The first kappa shape index (κ1) is 11.2. The molecule has 0 atom stereocenters. The highest BCUT2D eigenvalue weighted by atomic mass is 16.5. The minimum atomic E-state index is 0.668. The van der Waals surface area contributed by atoms with Gasteiger partial charge in [0.05, 0.1) is 18.8 Å². The molecule has 0 aromatic carbocycles. The molecule has 1 N–H and O–H groups in total. The summed E-state index contributed by atoms with van der Waals surface area (Å²) in [6, 6.07) is 0. The van der Waals surface area contributed by atoms with Crippen molar-refractivity contribution in [2.24, 2.45) is 0 Å². The largest absolute Gasteiger partial charge is 0.444 e. The number of aryl methyl sites for hydroxylation is 2. The first-order chi connectivity index (χ1) is 6.74. The molecule has 14 heavy (non-hydrogen) atoms. The Hall–Kier alpha value is -0.870.